The predicted molar refractivity (Wildman–Crippen MR) is 87.3 cm³/mol. The Hall–Kier alpha value is -0.860. The van der Waals surface area contributed by atoms with Gasteiger partial charge in [0.05, 0.1) is 13.2 Å². The van der Waals surface area contributed by atoms with Gasteiger partial charge in [0.1, 0.15) is 0 Å². The van der Waals surface area contributed by atoms with Gasteiger partial charge in [0.15, 0.2) is 0 Å². The summed E-state index contributed by atoms with van der Waals surface area (Å²) < 4.78 is 5.52. The van der Waals surface area contributed by atoms with E-state index in [0.29, 0.717) is 5.41 Å². The van der Waals surface area contributed by atoms with E-state index in [0.717, 1.165) is 19.8 Å². The van der Waals surface area contributed by atoms with Crippen LogP contribution >= 0.6 is 0 Å². The fraction of sp³-hybridized carbons (Fsp3) is 0.684. The molecule has 0 bridgehead atoms. The molecule has 1 heterocycles. The highest BCUT2D eigenvalue weighted by Gasteiger charge is 2.32. The number of ether oxygens (including phenoxy) is 1. The summed E-state index contributed by atoms with van der Waals surface area (Å²) in [5, 5.41) is 3.52. The zero-order chi connectivity index (χ0) is 14.5. The number of hydrogen-bond donors (Lipinski definition) is 1. The smallest absolute Gasteiger partial charge is 0.0725 e. The number of hydrogen-bond acceptors (Lipinski definition) is 2. The molecule has 1 aromatic carbocycles. The summed E-state index contributed by atoms with van der Waals surface area (Å²) in [7, 11) is 0. The lowest BCUT2D eigenvalue weighted by molar-refractivity contribution is 0.134. The molecule has 1 saturated carbocycles. The first-order valence-electron chi connectivity index (χ1n) is 8.70. The second-order valence-corrected chi connectivity index (χ2v) is 6.91. The minimum Gasteiger partial charge on any atom is -0.372 e. The lowest BCUT2D eigenvalue weighted by Gasteiger charge is -2.29. The van der Waals surface area contributed by atoms with Crippen LogP contribution in [0.25, 0.3) is 0 Å². The molecule has 2 heteroatoms. The summed E-state index contributed by atoms with van der Waals surface area (Å²) in [6, 6.07) is 6.98. The van der Waals surface area contributed by atoms with Gasteiger partial charge in [-0.05, 0) is 67.3 Å². The molecule has 0 saturated heterocycles. The Labute approximate surface area is 129 Å². The first-order valence-corrected chi connectivity index (χ1v) is 8.70. The van der Waals surface area contributed by atoms with Crippen LogP contribution < -0.4 is 5.32 Å². The second-order valence-electron chi connectivity index (χ2n) is 6.91. The largest absolute Gasteiger partial charge is 0.372 e. The van der Waals surface area contributed by atoms with Crippen molar-refractivity contribution in [2.45, 2.75) is 65.1 Å². The average Bonchev–Trinajstić information content (AvgIpc) is 3.14. The molecule has 1 aliphatic carbocycles. The van der Waals surface area contributed by atoms with Crippen molar-refractivity contribution in [3.8, 4) is 0 Å². The molecule has 3 rings (SSSR count). The van der Waals surface area contributed by atoms with E-state index in [1.807, 2.05) is 0 Å². The molecule has 1 N–H and O–H groups in total. The Morgan fingerprint density at radius 3 is 2.71 bits per heavy atom. The molecule has 0 amide bonds. The molecule has 21 heavy (non-hydrogen) atoms. The number of aryl methyl sites for hydroxylation is 1. The van der Waals surface area contributed by atoms with Crippen LogP contribution in [0.15, 0.2) is 18.2 Å². The zero-order valence-electron chi connectivity index (χ0n) is 13.4. The zero-order valence-corrected chi connectivity index (χ0v) is 13.4. The van der Waals surface area contributed by atoms with Gasteiger partial charge in [-0.25, -0.2) is 0 Å². The monoisotopic (exact) mass is 287 g/mol. The quantitative estimate of drug-likeness (QED) is 0.759. The second kappa shape index (κ2) is 6.93. The molecule has 1 aromatic rings. The average molecular weight is 287 g/mol. The highest BCUT2D eigenvalue weighted by atomic mass is 16.5. The third kappa shape index (κ3) is 3.67. The Morgan fingerprint density at radius 1 is 1.10 bits per heavy atom. The van der Waals surface area contributed by atoms with Gasteiger partial charge in [-0.1, -0.05) is 38.0 Å². The van der Waals surface area contributed by atoms with E-state index in [2.05, 4.69) is 30.4 Å². The molecule has 116 valence electrons. The van der Waals surface area contributed by atoms with Gasteiger partial charge < -0.3 is 10.1 Å². The van der Waals surface area contributed by atoms with Gasteiger partial charge in [0.25, 0.3) is 0 Å². The van der Waals surface area contributed by atoms with Crippen LogP contribution in [0.5, 0.6) is 0 Å². The van der Waals surface area contributed by atoms with Crippen molar-refractivity contribution in [2.24, 2.45) is 5.41 Å². The highest BCUT2D eigenvalue weighted by molar-refractivity contribution is 5.33. The maximum absolute atomic E-state index is 5.52. The van der Waals surface area contributed by atoms with E-state index >= 15 is 0 Å². The maximum Gasteiger partial charge on any atom is 0.0725 e. The maximum atomic E-state index is 5.52. The number of rotatable bonds is 7. The van der Waals surface area contributed by atoms with Crippen molar-refractivity contribution in [2.75, 3.05) is 13.1 Å². The summed E-state index contributed by atoms with van der Waals surface area (Å²) >= 11 is 0. The summed E-state index contributed by atoms with van der Waals surface area (Å²) in [6.45, 7) is 6.11. The summed E-state index contributed by atoms with van der Waals surface area (Å²) in [4.78, 5) is 0. The van der Waals surface area contributed by atoms with Gasteiger partial charge in [-0.3, -0.25) is 0 Å². The van der Waals surface area contributed by atoms with Crippen LogP contribution in [0.4, 0.5) is 0 Å². The van der Waals surface area contributed by atoms with Crippen LogP contribution in [-0.2, 0) is 24.4 Å². The van der Waals surface area contributed by atoms with Crippen molar-refractivity contribution in [1.82, 2.24) is 5.32 Å². The molecule has 2 nitrogen and oxygen atoms in total. The molecule has 0 aromatic heterocycles. The van der Waals surface area contributed by atoms with Crippen molar-refractivity contribution >= 4 is 0 Å². The van der Waals surface area contributed by atoms with Crippen molar-refractivity contribution < 1.29 is 4.74 Å². The molecule has 2 aliphatic rings. The standard InChI is InChI=1S/C19H29NO/c1-2-20-12-11-19(8-3-4-9-19)10-7-16-5-6-17-14-21-15-18(17)13-16/h5-6,13,20H,2-4,7-12,14-15H2,1H3. The van der Waals surface area contributed by atoms with E-state index in [4.69, 9.17) is 4.74 Å². The molecule has 0 radical (unpaired) electrons. The highest BCUT2D eigenvalue weighted by Crippen LogP contribution is 2.44. The third-order valence-electron chi connectivity index (χ3n) is 5.48. The fourth-order valence-electron chi connectivity index (χ4n) is 4.07. The van der Waals surface area contributed by atoms with Crippen LogP contribution in [0.1, 0.15) is 62.1 Å². The SMILES string of the molecule is CCNCCC1(CCc2ccc3c(c2)COC3)CCCC1. The Kier molecular flexibility index (Phi) is 4.97. The van der Waals surface area contributed by atoms with E-state index in [9.17, 15) is 0 Å². The Bertz CT molecular complexity index is 463. The molecule has 0 atom stereocenters. The van der Waals surface area contributed by atoms with E-state index < -0.39 is 0 Å². The lowest BCUT2D eigenvalue weighted by atomic mass is 9.77. The van der Waals surface area contributed by atoms with Gasteiger partial charge >= 0.3 is 0 Å². The van der Waals surface area contributed by atoms with E-state index in [-0.39, 0.29) is 0 Å². The minimum atomic E-state index is 0.609. The van der Waals surface area contributed by atoms with Crippen LogP contribution in [-0.4, -0.2) is 13.1 Å². The summed E-state index contributed by atoms with van der Waals surface area (Å²) in [5.74, 6) is 0. The van der Waals surface area contributed by atoms with Crippen molar-refractivity contribution in [3.05, 3.63) is 34.9 Å². The van der Waals surface area contributed by atoms with Crippen molar-refractivity contribution in [1.29, 1.82) is 0 Å². The number of nitrogens with one attached hydrogen (secondary N) is 1. The molecule has 0 unspecified atom stereocenters. The molecular weight excluding hydrogens is 258 g/mol. The Morgan fingerprint density at radius 2 is 1.90 bits per heavy atom. The van der Waals surface area contributed by atoms with Gasteiger partial charge in [-0.15, -0.1) is 0 Å². The molecule has 1 fully saturated rings. The summed E-state index contributed by atoms with van der Waals surface area (Å²) in [5.41, 5.74) is 4.92. The van der Waals surface area contributed by atoms with Gasteiger partial charge in [0.2, 0.25) is 0 Å². The topological polar surface area (TPSA) is 21.3 Å². The molecule has 1 aliphatic heterocycles. The van der Waals surface area contributed by atoms with E-state index in [1.165, 1.54) is 68.2 Å². The van der Waals surface area contributed by atoms with Crippen LogP contribution in [0.2, 0.25) is 0 Å². The first-order chi connectivity index (χ1) is 10.3. The first kappa shape index (κ1) is 15.1. The fourth-order valence-corrected chi connectivity index (χ4v) is 4.07. The normalized spacial score (nSPS) is 19.9. The summed E-state index contributed by atoms with van der Waals surface area (Å²) in [6.07, 6.45) is 9.69. The minimum absolute atomic E-state index is 0.609. The van der Waals surface area contributed by atoms with Gasteiger partial charge in [0, 0.05) is 0 Å². The lowest BCUT2D eigenvalue weighted by Crippen LogP contribution is -2.25. The van der Waals surface area contributed by atoms with Gasteiger partial charge in [-0.2, -0.15) is 0 Å². The number of fused-ring (bicyclic) bond motifs is 1. The third-order valence-corrected chi connectivity index (χ3v) is 5.48. The Balaban J connectivity index is 1.59. The van der Waals surface area contributed by atoms with Crippen molar-refractivity contribution in [3.63, 3.8) is 0 Å². The van der Waals surface area contributed by atoms with Crippen LogP contribution in [0.3, 0.4) is 0 Å². The predicted octanol–water partition coefficient (Wildman–Crippen LogP) is 4.21. The molecular formula is C19H29NO. The van der Waals surface area contributed by atoms with E-state index in [1.54, 1.807) is 0 Å². The number of benzene rings is 1. The molecule has 0 spiro atoms. The van der Waals surface area contributed by atoms with Crippen LogP contribution in [0, 0.1) is 5.41 Å².